The fourth-order valence-electron chi connectivity index (χ4n) is 1.71. The highest BCUT2D eigenvalue weighted by atomic mass is 31.2. The van der Waals surface area contributed by atoms with Crippen LogP contribution in [-0.4, -0.2) is 27.3 Å². The molecule has 1 aromatic carbocycles. The monoisotopic (exact) mass is 286 g/mol. The molecule has 1 atom stereocenters. The Hall–Kier alpha value is -0.870. The average Bonchev–Trinajstić information content (AvgIpc) is 2.38. The highest BCUT2D eigenvalue weighted by Gasteiger charge is 2.33. The van der Waals surface area contributed by atoms with E-state index in [0.717, 1.165) is 11.3 Å². The van der Waals surface area contributed by atoms with Crippen LogP contribution in [0.25, 0.3) is 0 Å². The number of benzene rings is 1. The van der Waals surface area contributed by atoms with Crippen molar-refractivity contribution in [3.63, 3.8) is 0 Å². The summed E-state index contributed by atoms with van der Waals surface area (Å²) in [5, 5.41) is 0. The van der Waals surface area contributed by atoms with Gasteiger partial charge in [-0.2, -0.15) is 0 Å². The van der Waals surface area contributed by atoms with Gasteiger partial charge in [-0.1, -0.05) is 12.1 Å². The van der Waals surface area contributed by atoms with Crippen LogP contribution in [-0.2, 0) is 13.6 Å². The minimum atomic E-state index is -3.31. The maximum atomic E-state index is 12.6. The lowest BCUT2D eigenvalue weighted by molar-refractivity contribution is 0.212. The minimum Gasteiger partial charge on any atom is -0.378 e. The predicted molar refractivity (Wildman–Crippen MR) is 78.6 cm³/mol. The van der Waals surface area contributed by atoms with Gasteiger partial charge in [0.2, 0.25) is 0 Å². The van der Waals surface area contributed by atoms with Crippen LogP contribution >= 0.6 is 7.60 Å². The van der Waals surface area contributed by atoms with Crippen molar-refractivity contribution in [2.75, 3.05) is 32.2 Å². The molecule has 1 aromatic rings. The van der Waals surface area contributed by atoms with Crippen LogP contribution in [0.3, 0.4) is 0 Å². The van der Waals surface area contributed by atoms with Crippen LogP contribution in [0.4, 0.5) is 5.69 Å². The zero-order chi connectivity index (χ0) is 14.5. The highest BCUT2D eigenvalue weighted by Crippen LogP contribution is 2.58. The second-order valence-corrected chi connectivity index (χ2v) is 6.46. The molecule has 0 aliphatic rings. The Morgan fingerprint density at radius 2 is 1.63 bits per heavy atom. The standard InChI is InChI=1S/C13H23N2O3P/c1-5-17-19(16,18-6-2)13(14)11-7-9-12(10-8-11)15(3)4/h7-10,13H,5-6,14H2,1-4H3. The van der Waals surface area contributed by atoms with Gasteiger partial charge in [-0.05, 0) is 31.5 Å². The maximum Gasteiger partial charge on any atom is 0.351 e. The van der Waals surface area contributed by atoms with Crippen LogP contribution in [0.15, 0.2) is 24.3 Å². The molecule has 1 unspecified atom stereocenters. The molecule has 0 bridgehead atoms. The van der Waals surface area contributed by atoms with Gasteiger partial charge in [-0.3, -0.25) is 4.57 Å². The summed E-state index contributed by atoms with van der Waals surface area (Å²) in [6.45, 7) is 4.16. The normalized spacial score (nSPS) is 13.3. The Labute approximate surface area is 115 Å². The quantitative estimate of drug-likeness (QED) is 0.781. The van der Waals surface area contributed by atoms with Gasteiger partial charge in [-0.25, -0.2) is 0 Å². The van der Waals surface area contributed by atoms with E-state index in [0.29, 0.717) is 13.2 Å². The Morgan fingerprint density at radius 1 is 1.16 bits per heavy atom. The maximum absolute atomic E-state index is 12.6. The molecular weight excluding hydrogens is 263 g/mol. The lowest BCUT2D eigenvalue weighted by atomic mass is 10.2. The first-order chi connectivity index (χ1) is 8.94. The van der Waals surface area contributed by atoms with Crippen LogP contribution in [0.1, 0.15) is 25.2 Å². The number of nitrogens with two attached hydrogens (primary N) is 1. The van der Waals surface area contributed by atoms with Crippen molar-refractivity contribution in [3.05, 3.63) is 29.8 Å². The summed E-state index contributed by atoms with van der Waals surface area (Å²) < 4.78 is 23.1. The lowest BCUT2D eigenvalue weighted by Crippen LogP contribution is -2.15. The summed E-state index contributed by atoms with van der Waals surface area (Å²) in [6, 6.07) is 7.56. The Kier molecular flexibility index (Phi) is 6.01. The molecule has 2 N–H and O–H groups in total. The van der Waals surface area contributed by atoms with E-state index in [1.54, 1.807) is 13.8 Å². The first-order valence-corrected chi connectivity index (χ1v) is 7.97. The number of hydrogen-bond donors (Lipinski definition) is 1. The first-order valence-electron chi connectivity index (χ1n) is 6.36. The molecule has 5 nitrogen and oxygen atoms in total. The molecule has 0 spiro atoms. The van der Waals surface area contributed by atoms with Crippen LogP contribution in [0.5, 0.6) is 0 Å². The van der Waals surface area contributed by atoms with Gasteiger partial charge < -0.3 is 19.7 Å². The molecule has 1 rings (SSSR count). The van der Waals surface area contributed by atoms with E-state index >= 15 is 0 Å². The zero-order valence-corrected chi connectivity index (χ0v) is 12.9. The first kappa shape index (κ1) is 16.2. The molecule has 0 saturated heterocycles. The Balaban J connectivity index is 2.96. The molecule has 0 aliphatic carbocycles. The Morgan fingerprint density at radius 3 is 2.00 bits per heavy atom. The second-order valence-electron chi connectivity index (χ2n) is 4.31. The fraction of sp³-hybridized carbons (Fsp3) is 0.538. The molecule has 0 fully saturated rings. The third-order valence-electron chi connectivity index (χ3n) is 2.71. The summed E-state index contributed by atoms with van der Waals surface area (Å²) in [7, 11) is 0.610. The van der Waals surface area contributed by atoms with Crippen LogP contribution in [0, 0.1) is 0 Å². The molecule has 0 amide bonds. The van der Waals surface area contributed by atoms with E-state index in [1.807, 2.05) is 43.3 Å². The van der Waals surface area contributed by atoms with Gasteiger partial charge in [0.15, 0.2) is 0 Å². The van der Waals surface area contributed by atoms with Crippen molar-refractivity contribution in [1.82, 2.24) is 0 Å². The molecule has 108 valence electrons. The van der Waals surface area contributed by atoms with E-state index in [1.165, 1.54) is 0 Å². The molecule has 0 aliphatic heterocycles. The third kappa shape index (κ3) is 4.05. The van der Waals surface area contributed by atoms with Crippen LogP contribution < -0.4 is 10.6 Å². The average molecular weight is 286 g/mol. The number of nitrogens with zero attached hydrogens (tertiary/aromatic N) is 1. The van der Waals surface area contributed by atoms with Crippen molar-refractivity contribution < 1.29 is 13.6 Å². The molecule has 6 heteroatoms. The highest BCUT2D eigenvalue weighted by molar-refractivity contribution is 7.54. The summed E-state index contributed by atoms with van der Waals surface area (Å²) in [6.07, 6.45) is 0. The molecule has 0 heterocycles. The van der Waals surface area contributed by atoms with E-state index in [4.69, 9.17) is 14.8 Å². The third-order valence-corrected chi connectivity index (χ3v) is 4.93. The summed E-state index contributed by atoms with van der Waals surface area (Å²) in [5.74, 6) is -0.761. The van der Waals surface area contributed by atoms with Gasteiger partial charge in [0.25, 0.3) is 0 Å². The van der Waals surface area contributed by atoms with E-state index in [-0.39, 0.29) is 0 Å². The zero-order valence-electron chi connectivity index (χ0n) is 12.0. The molecule has 0 aromatic heterocycles. The van der Waals surface area contributed by atoms with E-state index in [9.17, 15) is 4.57 Å². The van der Waals surface area contributed by atoms with Gasteiger partial charge in [0.1, 0.15) is 5.78 Å². The van der Waals surface area contributed by atoms with Crippen molar-refractivity contribution in [3.8, 4) is 0 Å². The number of anilines is 1. The Bertz CT molecular complexity index is 424. The van der Waals surface area contributed by atoms with E-state index in [2.05, 4.69) is 0 Å². The van der Waals surface area contributed by atoms with E-state index < -0.39 is 13.4 Å². The molecule has 0 saturated carbocycles. The second kappa shape index (κ2) is 7.06. The van der Waals surface area contributed by atoms with Crippen molar-refractivity contribution in [2.45, 2.75) is 19.6 Å². The van der Waals surface area contributed by atoms with Gasteiger partial charge >= 0.3 is 7.60 Å². The molecule has 19 heavy (non-hydrogen) atoms. The summed E-state index contributed by atoms with van der Waals surface area (Å²) in [4.78, 5) is 1.99. The largest absolute Gasteiger partial charge is 0.378 e. The summed E-state index contributed by atoms with van der Waals surface area (Å²) in [5.41, 5.74) is 7.85. The van der Waals surface area contributed by atoms with Crippen molar-refractivity contribution in [1.29, 1.82) is 0 Å². The predicted octanol–water partition coefficient (Wildman–Crippen LogP) is 2.98. The number of hydrogen-bond acceptors (Lipinski definition) is 5. The topological polar surface area (TPSA) is 64.8 Å². The number of rotatable bonds is 7. The van der Waals surface area contributed by atoms with Gasteiger partial charge in [0.05, 0.1) is 13.2 Å². The van der Waals surface area contributed by atoms with Gasteiger partial charge in [-0.15, -0.1) is 0 Å². The van der Waals surface area contributed by atoms with Crippen molar-refractivity contribution >= 4 is 13.3 Å². The minimum absolute atomic E-state index is 0.306. The summed E-state index contributed by atoms with van der Waals surface area (Å²) >= 11 is 0. The SMILES string of the molecule is CCOP(=O)(OCC)C(N)c1ccc(N(C)C)cc1. The molecule has 0 radical (unpaired) electrons. The lowest BCUT2D eigenvalue weighted by Gasteiger charge is -2.24. The van der Waals surface area contributed by atoms with Crippen LogP contribution in [0.2, 0.25) is 0 Å². The smallest absolute Gasteiger partial charge is 0.351 e. The fourth-order valence-corrected chi connectivity index (χ4v) is 3.36. The van der Waals surface area contributed by atoms with Gasteiger partial charge in [0, 0.05) is 19.8 Å². The van der Waals surface area contributed by atoms with Crippen molar-refractivity contribution in [2.24, 2.45) is 5.73 Å². The molecular formula is C13H23N2O3P.